The molecule has 43 heavy (non-hydrogen) atoms. The predicted octanol–water partition coefficient (Wildman–Crippen LogP) is 5.38. The van der Waals surface area contributed by atoms with Crippen molar-refractivity contribution in [3.8, 4) is 16.9 Å². The standard InChI is InChI=1S/C35H38O8/c1-17(2)26-29(39)24(19(4)37)31(41)35(43)32(42)27-30(40)25-23(15-33(27,5)16-34(26,35)6)22(20-10-8-7-9-11-20)14-21(28(25)38)13-12-18(3)36/h7-11,14,17,26,38,40-41,43H,12-13,15-16H2,1-6H3/t26?,33-,34-,35+/m1/s1. The summed E-state index contributed by atoms with van der Waals surface area (Å²) in [5.41, 5.74) is -3.51. The summed E-state index contributed by atoms with van der Waals surface area (Å²) in [7, 11) is 0. The average Bonchev–Trinajstić information content (AvgIpc) is 2.90. The van der Waals surface area contributed by atoms with Gasteiger partial charge in [0.2, 0.25) is 5.78 Å². The molecular formula is C35H38O8. The summed E-state index contributed by atoms with van der Waals surface area (Å²) in [6.07, 6.45) is 0.552. The van der Waals surface area contributed by atoms with Gasteiger partial charge in [-0.3, -0.25) is 14.4 Å². The number of phenolic OH excluding ortho intramolecular Hbond substituents is 1. The number of aromatic hydroxyl groups is 1. The Bertz CT molecular complexity index is 1660. The zero-order valence-corrected chi connectivity index (χ0v) is 25.4. The van der Waals surface area contributed by atoms with E-state index in [-0.39, 0.29) is 48.4 Å². The molecule has 5 rings (SSSR count). The van der Waals surface area contributed by atoms with Gasteiger partial charge in [-0.15, -0.1) is 0 Å². The second-order valence-electron chi connectivity index (χ2n) is 13.3. The third kappa shape index (κ3) is 4.13. The van der Waals surface area contributed by atoms with Crippen molar-refractivity contribution in [1.82, 2.24) is 0 Å². The van der Waals surface area contributed by atoms with Crippen LogP contribution in [-0.4, -0.2) is 49.2 Å². The van der Waals surface area contributed by atoms with Crippen molar-refractivity contribution in [1.29, 1.82) is 0 Å². The summed E-state index contributed by atoms with van der Waals surface area (Å²) in [5.74, 6) is -5.63. The van der Waals surface area contributed by atoms with Gasteiger partial charge in [0.05, 0.1) is 5.56 Å². The molecule has 2 aromatic rings. The lowest BCUT2D eigenvalue weighted by Gasteiger charge is -2.59. The van der Waals surface area contributed by atoms with Gasteiger partial charge in [-0.1, -0.05) is 58.0 Å². The first-order valence-electron chi connectivity index (χ1n) is 14.6. The number of hydrogen-bond acceptors (Lipinski definition) is 8. The fourth-order valence-corrected chi connectivity index (χ4v) is 8.22. The van der Waals surface area contributed by atoms with Gasteiger partial charge in [-0.05, 0) is 67.3 Å². The molecule has 226 valence electrons. The van der Waals surface area contributed by atoms with Gasteiger partial charge in [0.25, 0.3) is 0 Å². The molecule has 3 aliphatic carbocycles. The largest absolute Gasteiger partial charge is 0.508 e. The molecule has 1 saturated carbocycles. The maximum atomic E-state index is 14.6. The van der Waals surface area contributed by atoms with Crippen LogP contribution in [0.1, 0.15) is 71.1 Å². The lowest BCUT2D eigenvalue weighted by atomic mass is 9.43. The Morgan fingerprint density at radius 1 is 1.02 bits per heavy atom. The molecular weight excluding hydrogens is 548 g/mol. The molecule has 0 bridgehead atoms. The van der Waals surface area contributed by atoms with Crippen LogP contribution in [0.4, 0.5) is 0 Å². The van der Waals surface area contributed by atoms with Crippen LogP contribution in [0.25, 0.3) is 16.9 Å². The van der Waals surface area contributed by atoms with Crippen LogP contribution < -0.4 is 0 Å². The molecule has 8 nitrogen and oxygen atoms in total. The van der Waals surface area contributed by atoms with Crippen LogP contribution in [-0.2, 0) is 32.0 Å². The minimum absolute atomic E-state index is 0.0198. The number of aliphatic hydroxyl groups excluding tert-OH is 2. The summed E-state index contributed by atoms with van der Waals surface area (Å²) in [6.45, 7) is 9.47. The van der Waals surface area contributed by atoms with E-state index in [1.807, 2.05) is 36.4 Å². The highest BCUT2D eigenvalue weighted by molar-refractivity contribution is 6.24. The normalized spacial score (nSPS) is 28.5. The molecule has 0 spiro atoms. The van der Waals surface area contributed by atoms with E-state index in [2.05, 4.69) is 0 Å². The number of carbonyl (C=O) groups is 4. The number of carbonyl (C=O) groups excluding carboxylic acids is 4. The third-order valence-corrected chi connectivity index (χ3v) is 9.91. The maximum absolute atomic E-state index is 14.6. The van der Waals surface area contributed by atoms with E-state index in [0.29, 0.717) is 11.1 Å². The molecule has 1 unspecified atom stereocenters. The summed E-state index contributed by atoms with van der Waals surface area (Å²) in [4.78, 5) is 52.7. The third-order valence-electron chi connectivity index (χ3n) is 9.91. The highest BCUT2D eigenvalue weighted by Crippen LogP contribution is 2.65. The number of aliphatic hydroxyl groups is 3. The van der Waals surface area contributed by atoms with E-state index < -0.39 is 62.7 Å². The molecule has 8 heteroatoms. The fourth-order valence-electron chi connectivity index (χ4n) is 8.22. The number of ketones is 4. The van der Waals surface area contributed by atoms with Crippen molar-refractivity contribution < 1.29 is 39.6 Å². The first kappa shape index (κ1) is 30.4. The van der Waals surface area contributed by atoms with Crippen LogP contribution in [0.5, 0.6) is 5.75 Å². The van der Waals surface area contributed by atoms with E-state index in [1.54, 1.807) is 27.7 Å². The highest BCUT2D eigenvalue weighted by Gasteiger charge is 2.72. The molecule has 3 aliphatic rings. The van der Waals surface area contributed by atoms with Gasteiger partial charge in [0.15, 0.2) is 17.2 Å². The van der Waals surface area contributed by atoms with Crippen molar-refractivity contribution in [2.45, 2.75) is 72.8 Å². The van der Waals surface area contributed by atoms with Crippen LogP contribution >= 0.6 is 0 Å². The van der Waals surface area contributed by atoms with E-state index >= 15 is 0 Å². The molecule has 0 aliphatic heterocycles. The minimum Gasteiger partial charge on any atom is -0.508 e. The number of benzene rings is 2. The zero-order chi connectivity index (χ0) is 31.8. The number of hydrogen-bond donors (Lipinski definition) is 4. The Kier molecular flexibility index (Phi) is 7.08. The second-order valence-corrected chi connectivity index (χ2v) is 13.3. The van der Waals surface area contributed by atoms with Gasteiger partial charge >= 0.3 is 0 Å². The van der Waals surface area contributed by atoms with E-state index in [0.717, 1.165) is 18.1 Å². The SMILES string of the molecule is CC(=O)CCc1cc(-c2ccccc2)c2c(c1O)C(O)=C1C(=O)[C@@]3(O)C(O)=C(C(C)=O)C(=O)C(C(C)C)[C@@]3(C)C[C@@]1(C)C2. The molecule has 0 radical (unpaired) electrons. The van der Waals surface area contributed by atoms with Crippen molar-refractivity contribution in [2.24, 2.45) is 22.7 Å². The maximum Gasteiger partial charge on any atom is 0.203 e. The molecule has 0 heterocycles. The number of phenols is 1. The first-order chi connectivity index (χ1) is 20.0. The zero-order valence-electron chi connectivity index (χ0n) is 25.4. The van der Waals surface area contributed by atoms with Crippen molar-refractivity contribution in [3.05, 3.63) is 70.0 Å². The smallest absolute Gasteiger partial charge is 0.203 e. The molecule has 2 aromatic carbocycles. The second kappa shape index (κ2) is 10.0. The Labute approximate surface area is 250 Å². The monoisotopic (exact) mass is 586 g/mol. The van der Waals surface area contributed by atoms with Gasteiger partial charge in [0.1, 0.15) is 28.6 Å². The Morgan fingerprint density at radius 3 is 2.21 bits per heavy atom. The Balaban J connectivity index is 1.84. The molecule has 0 saturated heterocycles. The molecule has 1 fully saturated rings. The first-order valence-corrected chi connectivity index (χ1v) is 14.6. The molecule has 4 N–H and O–H groups in total. The van der Waals surface area contributed by atoms with Crippen LogP contribution in [0.15, 0.2) is 53.3 Å². The lowest BCUT2D eigenvalue weighted by Crippen LogP contribution is -2.69. The summed E-state index contributed by atoms with van der Waals surface area (Å²) >= 11 is 0. The van der Waals surface area contributed by atoms with Crippen LogP contribution in [0.2, 0.25) is 0 Å². The average molecular weight is 587 g/mol. The fraction of sp³-hybridized carbons (Fsp3) is 0.429. The Morgan fingerprint density at radius 2 is 1.65 bits per heavy atom. The summed E-state index contributed by atoms with van der Waals surface area (Å²) in [6, 6.07) is 11.2. The lowest BCUT2D eigenvalue weighted by molar-refractivity contribution is -0.178. The van der Waals surface area contributed by atoms with Gasteiger partial charge in [-0.25, -0.2) is 0 Å². The number of allylic oxidation sites excluding steroid dienone is 1. The Hall–Kier alpha value is -4.04. The predicted molar refractivity (Wildman–Crippen MR) is 160 cm³/mol. The number of rotatable bonds is 6. The number of fused-ring (bicyclic) bond motifs is 3. The van der Waals surface area contributed by atoms with Crippen LogP contribution in [0, 0.1) is 22.7 Å². The molecule has 0 amide bonds. The van der Waals surface area contributed by atoms with Crippen molar-refractivity contribution in [2.75, 3.05) is 0 Å². The molecule has 4 atom stereocenters. The summed E-state index contributed by atoms with van der Waals surface area (Å²) in [5, 5.41) is 47.0. The van der Waals surface area contributed by atoms with Gasteiger partial charge in [0, 0.05) is 28.7 Å². The summed E-state index contributed by atoms with van der Waals surface area (Å²) < 4.78 is 0. The van der Waals surface area contributed by atoms with Gasteiger partial charge < -0.3 is 25.2 Å². The van der Waals surface area contributed by atoms with E-state index in [1.165, 1.54) is 6.92 Å². The van der Waals surface area contributed by atoms with E-state index in [4.69, 9.17) is 0 Å². The van der Waals surface area contributed by atoms with Crippen LogP contribution in [0.3, 0.4) is 0 Å². The topological polar surface area (TPSA) is 149 Å². The van der Waals surface area contributed by atoms with Crippen molar-refractivity contribution >= 4 is 28.9 Å². The number of aryl methyl sites for hydroxylation is 1. The quantitative estimate of drug-likeness (QED) is 0.330. The minimum atomic E-state index is -2.67. The van der Waals surface area contributed by atoms with Gasteiger partial charge in [-0.2, -0.15) is 0 Å². The highest BCUT2D eigenvalue weighted by atomic mass is 16.3. The number of Topliss-reactive ketones (excluding diaryl/α,β-unsaturated/α-hetero) is 4. The van der Waals surface area contributed by atoms with E-state index in [9.17, 15) is 39.6 Å². The van der Waals surface area contributed by atoms with Crippen molar-refractivity contribution in [3.63, 3.8) is 0 Å². The molecule has 0 aromatic heterocycles.